The van der Waals surface area contributed by atoms with Crippen LogP contribution in [0, 0.1) is 5.41 Å². The van der Waals surface area contributed by atoms with Crippen LogP contribution in [0.1, 0.15) is 32.3 Å². The lowest BCUT2D eigenvalue weighted by Crippen LogP contribution is -2.49. The number of hydrogen-bond acceptors (Lipinski definition) is 6. The second kappa shape index (κ2) is 12.4. The van der Waals surface area contributed by atoms with E-state index in [0.29, 0.717) is 35.5 Å². The number of carbonyl (C=O) groups is 1. The van der Waals surface area contributed by atoms with Gasteiger partial charge in [0.05, 0.1) is 6.54 Å². The Morgan fingerprint density at radius 3 is 2.46 bits per heavy atom. The van der Waals surface area contributed by atoms with Crippen LogP contribution >= 0.6 is 23.2 Å². The van der Waals surface area contributed by atoms with Gasteiger partial charge in [-0.05, 0) is 56.2 Å². The SMILES string of the molecule is CCn1c(=O)[nH]/c(=N\C2=CC=C(OC(/C=C(\C)Cl)=C(/C=N)C(=O)O)CC2)n(Cc2ccc(Cl)cc2)c1=O. The van der Waals surface area contributed by atoms with Gasteiger partial charge in [0.1, 0.15) is 17.1 Å². The van der Waals surface area contributed by atoms with Crippen LogP contribution in [0.4, 0.5) is 0 Å². The number of aromatic amines is 1. The summed E-state index contributed by atoms with van der Waals surface area (Å²) in [5.74, 6) is -0.950. The fraction of sp³-hybridized carbons (Fsp3) is 0.240. The molecule has 0 spiro atoms. The molecule has 1 aliphatic rings. The van der Waals surface area contributed by atoms with Crippen molar-refractivity contribution >= 4 is 35.4 Å². The Balaban J connectivity index is 2.02. The summed E-state index contributed by atoms with van der Waals surface area (Å²) in [5, 5.41) is 17.6. The molecule has 37 heavy (non-hydrogen) atoms. The summed E-state index contributed by atoms with van der Waals surface area (Å²) >= 11 is 11.9. The fourth-order valence-electron chi connectivity index (χ4n) is 3.48. The molecule has 194 valence electrons. The van der Waals surface area contributed by atoms with Gasteiger partial charge in [-0.1, -0.05) is 35.3 Å². The molecule has 0 amide bonds. The normalized spacial score (nSPS) is 15.0. The van der Waals surface area contributed by atoms with Crippen LogP contribution < -0.4 is 17.0 Å². The molecular formula is C25H25Cl2N5O5. The number of carboxylic acids is 1. The third-order valence-electron chi connectivity index (χ3n) is 5.30. The molecule has 0 saturated carbocycles. The van der Waals surface area contributed by atoms with Crippen molar-refractivity contribution < 1.29 is 14.6 Å². The second-order valence-electron chi connectivity index (χ2n) is 7.96. The molecule has 0 saturated heterocycles. The topological polar surface area (TPSA) is 143 Å². The van der Waals surface area contributed by atoms with Gasteiger partial charge in [0, 0.05) is 34.9 Å². The average molecular weight is 546 g/mol. The lowest BCUT2D eigenvalue weighted by molar-refractivity contribution is -0.132. The first-order valence-electron chi connectivity index (χ1n) is 11.3. The maximum atomic E-state index is 13.0. The summed E-state index contributed by atoms with van der Waals surface area (Å²) in [5.41, 5.74) is 0.0478. The number of nitrogens with zero attached hydrogens (tertiary/aromatic N) is 3. The lowest BCUT2D eigenvalue weighted by atomic mass is 10.1. The summed E-state index contributed by atoms with van der Waals surface area (Å²) in [6, 6.07) is 7.00. The van der Waals surface area contributed by atoms with Crippen molar-refractivity contribution in [2.45, 2.75) is 39.8 Å². The van der Waals surface area contributed by atoms with Gasteiger partial charge in [-0.25, -0.2) is 23.9 Å². The molecule has 1 aromatic heterocycles. The third-order valence-corrected chi connectivity index (χ3v) is 5.66. The number of nitrogens with one attached hydrogen (secondary N) is 2. The molecule has 0 unspecified atom stereocenters. The number of H-pyrrole nitrogens is 1. The van der Waals surface area contributed by atoms with E-state index in [1.165, 1.54) is 10.6 Å². The van der Waals surface area contributed by atoms with Crippen molar-refractivity contribution in [3.05, 3.63) is 107 Å². The van der Waals surface area contributed by atoms with Crippen LogP contribution in [0.15, 0.2) is 84.9 Å². The van der Waals surface area contributed by atoms with Crippen LogP contribution in [0.25, 0.3) is 0 Å². The molecule has 2 aromatic rings. The quantitative estimate of drug-likeness (QED) is 0.190. The number of allylic oxidation sites excluding steroid dienone is 6. The maximum absolute atomic E-state index is 13.0. The number of rotatable bonds is 9. The Labute approximate surface area is 221 Å². The van der Waals surface area contributed by atoms with E-state index in [0.717, 1.165) is 10.1 Å². The average Bonchev–Trinajstić information content (AvgIpc) is 2.84. The van der Waals surface area contributed by atoms with E-state index in [9.17, 15) is 19.5 Å². The Morgan fingerprint density at radius 1 is 1.22 bits per heavy atom. The number of carboxylic acid groups (broad SMARTS) is 1. The summed E-state index contributed by atoms with van der Waals surface area (Å²) in [4.78, 5) is 44.2. The molecular weight excluding hydrogens is 521 g/mol. The van der Waals surface area contributed by atoms with E-state index < -0.39 is 17.3 Å². The Hall–Kier alpha value is -3.89. The predicted molar refractivity (Wildman–Crippen MR) is 141 cm³/mol. The molecule has 3 N–H and O–H groups in total. The Morgan fingerprint density at radius 2 is 1.92 bits per heavy atom. The van der Waals surface area contributed by atoms with E-state index >= 15 is 0 Å². The minimum absolute atomic E-state index is 0.0663. The first-order chi connectivity index (χ1) is 17.6. The molecule has 1 aliphatic carbocycles. The van der Waals surface area contributed by atoms with Crippen molar-refractivity contribution in [3.63, 3.8) is 0 Å². The van der Waals surface area contributed by atoms with Gasteiger partial charge < -0.3 is 15.3 Å². The van der Waals surface area contributed by atoms with Crippen molar-refractivity contribution in [2.24, 2.45) is 4.99 Å². The second-order valence-corrected chi connectivity index (χ2v) is 8.99. The first-order valence-corrected chi connectivity index (χ1v) is 12.0. The number of benzene rings is 1. The summed E-state index contributed by atoms with van der Waals surface area (Å²) in [7, 11) is 0. The zero-order valence-corrected chi connectivity index (χ0v) is 21.6. The van der Waals surface area contributed by atoms with Crippen molar-refractivity contribution in [1.29, 1.82) is 5.41 Å². The monoisotopic (exact) mass is 545 g/mol. The smallest absolute Gasteiger partial charge is 0.341 e. The lowest BCUT2D eigenvalue weighted by Gasteiger charge is -2.16. The highest BCUT2D eigenvalue weighted by molar-refractivity contribution is 6.30. The molecule has 0 radical (unpaired) electrons. The molecule has 1 heterocycles. The number of ether oxygens (including phenoxy) is 1. The van der Waals surface area contributed by atoms with E-state index in [-0.39, 0.29) is 35.1 Å². The van der Waals surface area contributed by atoms with E-state index in [2.05, 4.69) is 9.98 Å². The van der Waals surface area contributed by atoms with Gasteiger partial charge in [0.25, 0.3) is 0 Å². The summed E-state index contributed by atoms with van der Waals surface area (Å²) in [6.07, 6.45) is 6.00. The number of aliphatic carboxylic acids is 1. The Bertz CT molecular complexity index is 1520. The van der Waals surface area contributed by atoms with Gasteiger partial charge in [-0.15, -0.1) is 0 Å². The molecule has 10 nitrogen and oxygen atoms in total. The summed E-state index contributed by atoms with van der Waals surface area (Å²) < 4.78 is 8.19. The van der Waals surface area contributed by atoms with Crippen LogP contribution in [-0.4, -0.2) is 31.4 Å². The van der Waals surface area contributed by atoms with E-state index in [4.69, 9.17) is 33.3 Å². The number of hydrogen-bond donors (Lipinski definition) is 3. The zero-order chi connectivity index (χ0) is 27.1. The molecule has 0 atom stereocenters. The van der Waals surface area contributed by atoms with Crippen LogP contribution in [-0.2, 0) is 22.6 Å². The molecule has 0 bridgehead atoms. The van der Waals surface area contributed by atoms with Crippen LogP contribution in [0.3, 0.4) is 0 Å². The summed E-state index contributed by atoms with van der Waals surface area (Å²) in [6.45, 7) is 3.63. The standard InChI is InChI=1S/C25H25Cl2N5O5/c1-3-31-24(35)30-23(32(25(31)36)14-16-4-6-17(27)7-5-16)29-18-8-10-19(11-9-18)37-21(12-15(2)26)20(13-28)22(33)34/h4-8,10,12-13,28H,3,9,11,14H2,1-2H3,(H,33,34)(H,29,30,35)/b15-12+,21-20-,28-13?. The van der Waals surface area contributed by atoms with Gasteiger partial charge in [-0.2, -0.15) is 0 Å². The highest BCUT2D eigenvalue weighted by atomic mass is 35.5. The predicted octanol–water partition coefficient (Wildman–Crippen LogP) is 3.67. The first kappa shape index (κ1) is 27.7. The third kappa shape index (κ3) is 7.08. The molecule has 0 fully saturated rings. The zero-order valence-electron chi connectivity index (χ0n) is 20.1. The van der Waals surface area contributed by atoms with Gasteiger partial charge in [-0.3, -0.25) is 9.55 Å². The van der Waals surface area contributed by atoms with E-state index in [1.807, 2.05) is 0 Å². The number of halogens is 2. The minimum atomic E-state index is -1.32. The fourth-order valence-corrected chi connectivity index (χ4v) is 3.70. The van der Waals surface area contributed by atoms with Crippen LogP contribution in [0.2, 0.25) is 5.02 Å². The van der Waals surface area contributed by atoms with Gasteiger partial charge in [0.2, 0.25) is 5.62 Å². The molecule has 12 heteroatoms. The highest BCUT2D eigenvalue weighted by Crippen LogP contribution is 2.24. The Kier molecular flexibility index (Phi) is 9.26. The molecule has 1 aromatic carbocycles. The van der Waals surface area contributed by atoms with Crippen LogP contribution in [0.5, 0.6) is 0 Å². The van der Waals surface area contributed by atoms with Gasteiger partial charge in [0.15, 0.2) is 0 Å². The highest BCUT2D eigenvalue weighted by Gasteiger charge is 2.16. The van der Waals surface area contributed by atoms with Crippen molar-refractivity contribution in [2.75, 3.05) is 0 Å². The van der Waals surface area contributed by atoms with Crippen molar-refractivity contribution in [3.8, 4) is 0 Å². The molecule has 3 rings (SSSR count). The van der Waals surface area contributed by atoms with E-state index in [1.54, 1.807) is 50.3 Å². The molecule has 0 aliphatic heterocycles. The largest absolute Gasteiger partial charge is 0.477 e. The van der Waals surface area contributed by atoms with Gasteiger partial charge >= 0.3 is 17.3 Å². The maximum Gasteiger partial charge on any atom is 0.341 e. The minimum Gasteiger partial charge on any atom is -0.477 e. The number of aromatic nitrogens is 3. The van der Waals surface area contributed by atoms with Crippen molar-refractivity contribution in [1.82, 2.24) is 14.1 Å².